The molecule has 8 heteroatoms. The second-order valence-electron chi connectivity index (χ2n) is 5.99. The van der Waals surface area contributed by atoms with Crippen LogP contribution in [0.4, 0.5) is 10.2 Å². The van der Waals surface area contributed by atoms with Gasteiger partial charge in [-0.05, 0) is 37.3 Å². The lowest BCUT2D eigenvalue weighted by atomic mass is 10.1. The molecular formula is C19H17ClFN3O3. The first kappa shape index (κ1) is 18.8. The number of hydrogen-bond donors (Lipinski definition) is 0. The van der Waals surface area contributed by atoms with Crippen molar-refractivity contribution in [1.29, 1.82) is 0 Å². The number of esters is 1. The van der Waals surface area contributed by atoms with Gasteiger partial charge in [0.2, 0.25) is 5.43 Å². The topological polar surface area (TPSA) is 64.4 Å². The number of anilines is 1. The molecule has 3 rings (SSSR count). The molecule has 0 amide bonds. The predicted octanol–water partition coefficient (Wildman–Crippen LogP) is 3.42. The van der Waals surface area contributed by atoms with Gasteiger partial charge in [-0.2, -0.15) is 0 Å². The maximum atomic E-state index is 13.5. The van der Waals surface area contributed by atoms with Crippen LogP contribution >= 0.6 is 11.6 Å². The largest absolute Gasteiger partial charge is 0.462 e. The van der Waals surface area contributed by atoms with Crippen molar-refractivity contribution in [3.05, 3.63) is 63.2 Å². The molecule has 2 aromatic heterocycles. The van der Waals surface area contributed by atoms with Crippen molar-refractivity contribution in [3.63, 3.8) is 0 Å². The van der Waals surface area contributed by atoms with Crippen LogP contribution in [-0.2, 0) is 4.74 Å². The molecule has 0 N–H and O–H groups in total. The van der Waals surface area contributed by atoms with Gasteiger partial charge in [0.15, 0.2) is 5.65 Å². The lowest BCUT2D eigenvalue weighted by molar-refractivity contribution is 0.0524. The minimum absolute atomic E-state index is 0.117. The van der Waals surface area contributed by atoms with Gasteiger partial charge in [0.1, 0.15) is 17.2 Å². The van der Waals surface area contributed by atoms with Gasteiger partial charge in [-0.15, -0.1) is 0 Å². The summed E-state index contributed by atoms with van der Waals surface area (Å²) in [6.07, 6.45) is 1.33. The zero-order chi connectivity index (χ0) is 19.7. The van der Waals surface area contributed by atoms with Crippen LogP contribution in [0.2, 0.25) is 5.02 Å². The van der Waals surface area contributed by atoms with E-state index in [2.05, 4.69) is 4.98 Å². The number of aromatic nitrogens is 2. The summed E-state index contributed by atoms with van der Waals surface area (Å²) in [5.41, 5.74) is 0.0460. The van der Waals surface area contributed by atoms with E-state index >= 15 is 0 Å². The molecule has 140 valence electrons. The van der Waals surface area contributed by atoms with Gasteiger partial charge < -0.3 is 9.64 Å². The highest BCUT2D eigenvalue weighted by Crippen LogP contribution is 2.25. The molecule has 0 aliphatic rings. The van der Waals surface area contributed by atoms with Crippen LogP contribution in [0.5, 0.6) is 0 Å². The highest BCUT2D eigenvalue weighted by molar-refractivity contribution is 6.32. The van der Waals surface area contributed by atoms with Gasteiger partial charge >= 0.3 is 5.97 Å². The van der Waals surface area contributed by atoms with E-state index in [-0.39, 0.29) is 22.6 Å². The summed E-state index contributed by atoms with van der Waals surface area (Å²) < 4.78 is 20.0. The number of carbonyl (C=O) groups is 1. The molecule has 0 saturated heterocycles. The van der Waals surface area contributed by atoms with Crippen molar-refractivity contribution in [3.8, 4) is 5.69 Å². The van der Waals surface area contributed by atoms with E-state index in [1.807, 2.05) is 14.1 Å². The highest BCUT2D eigenvalue weighted by Gasteiger charge is 2.19. The summed E-state index contributed by atoms with van der Waals surface area (Å²) in [5.74, 6) is -0.632. The van der Waals surface area contributed by atoms with Crippen molar-refractivity contribution in [1.82, 2.24) is 9.55 Å². The standard InChI is InChI=1S/C19H17ClFN3O3/c1-4-27-19(26)13-10-24(15-7-5-11(21)9-14(15)20)18-12(17(13)25)6-8-16(22-18)23(2)3/h5-10H,4H2,1-3H3. The highest BCUT2D eigenvalue weighted by atomic mass is 35.5. The van der Waals surface area contributed by atoms with Crippen molar-refractivity contribution >= 4 is 34.4 Å². The SMILES string of the molecule is CCOC(=O)c1cn(-c2ccc(F)cc2Cl)c2nc(N(C)C)ccc2c1=O. The number of hydrogen-bond acceptors (Lipinski definition) is 5. The van der Waals surface area contributed by atoms with Crippen molar-refractivity contribution in [2.45, 2.75) is 6.92 Å². The molecule has 0 fully saturated rings. The fourth-order valence-electron chi connectivity index (χ4n) is 2.66. The molecule has 0 bridgehead atoms. The summed E-state index contributed by atoms with van der Waals surface area (Å²) in [4.78, 5) is 31.3. The summed E-state index contributed by atoms with van der Waals surface area (Å²) in [7, 11) is 3.63. The number of carbonyl (C=O) groups excluding carboxylic acids is 1. The van der Waals surface area contributed by atoms with Crippen LogP contribution in [-0.4, -0.2) is 36.2 Å². The van der Waals surface area contributed by atoms with Crippen molar-refractivity contribution in [2.75, 3.05) is 25.6 Å². The summed E-state index contributed by atoms with van der Waals surface area (Å²) in [5, 5.41) is 0.346. The smallest absolute Gasteiger partial charge is 0.343 e. The number of rotatable bonds is 4. The molecule has 6 nitrogen and oxygen atoms in total. The zero-order valence-electron chi connectivity index (χ0n) is 15.0. The predicted molar refractivity (Wildman–Crippen MR) is 103 cm³/mol. The first-order chi connectivity index (χ1) is 12.8. The molecule has 0 atom stereocenters. The second kappa shape index (κ2) is 7.36. The third-order valence-corrected chi connectivity index (χ3v) is 4.26. The lowest BCUT2D eigenvalue weighted by Gasteiger charge is -2.17. The third-order valence-electron chi connectivity index (χ3n) is 3.96. The Bertz CT molecular complexity index is 1100. The van der Waals surface area contributed by atoms with Gasteiger partial charge in [0.05, 0.1) is 22.7 Å². The Morgan fingerprint density at radius 1 is 1.30 bits per heavy atom. The number of pyridine rings is 2. The molecule has 0 unspecified atom stereocenters. The number of fused-ring (bicyclic) bond motifs is 1. The monoisotopic (exact) mass is 389 g/mol. The second-order valence-corrected chi connectivity index (χ2v) is 6.40. The maximum absolute atomic E-state index is 13.5. The normalized spacial score (nSPS) is 10.9. The first-order valence-corrected chi connectivity index (χ1v) is 8.57. The molecule has 1 aromatic carbocycles. The number of benzene rings is 1. The third kappa shape index (κ3) is 3.50. The molecular weight excluding hydrogens is 373 g/mol. The van der Waals surface area contributed by atoms with Crippen LogP contribution in [0.3, 0.4) is 0 Å². The van der Waals surface area contributed by atoms with Gasteiger partial charge in [0.25, 0.3) is 0 Å². The Morgan fingerprint density at radius 3 is 2.67 bits per heavy atom. The molecule has 0 spiro atoms. The molecule has 2 heterocycles. The maximum Gasteiger partial charge on any atom is 0.343 e. The fourth-order valence-corrected chi connectivity index (χ4v) is 2.92. The van der Waals surface area contributed by atoms with E-state index in [0.717, 1.165) is 6.07 Å². The van der Waals surface area contributed by atoms with Crippen LogP contribution in [0.1, 0.15) is 17.3 Å². The van der Waals surface area contributed by atoms with E-state index in [1.54, 1.807) is 24.0 Å². The fraction of sp³-hybridized carbons (Fsp3) is 0.211. The van der Waals surface area contributed by atoms with Gasteiger partial charge in [0, 0.05) is 20.3 Å². The Labute approximate surface area is 159 Å². The van der Waals surface area contributed by atoms with Gasteiger partial charge in [-0.1, -0.05) is 11.6 Å². The Morgan fingerprint density at radius 2 is 2.04 bits per heavy atom. The van der Waals surface area contributed by atoms with E-state index in [1.165, 1.54) is 22.9 Å². The molecule has 0 saturated carbocycles. The summed E-state index contributed by atoms with van der Waals surface area (Å²) in [6.45, 7) is 1.78. The van der Waals surface area contributed by atoms with E-state index in [4.69, 9.17) is 16.3 Å². The van der Waals surface area contributed by atoms with Gasteiger partial charge in [-0.3, -0.25) is 9.36 Å². The molecule has 27 heavy (non-hydrogen) atoms. The van der Waals surface area contributed by atoms with Crippen molar-refractivity contribution in [2.24, 2.45) is 0 Å². The number of ether oxygens (including phenoxy) is 1. The first-order valence-electron chi connectivity index (χ1n) is 8.19. The van der Waals surface area contributed by atoms with Crippen LogP contribution in [0.25, 0.3) is 16.7 Å². The van der Waals surface area contributed by atoms with Crippen LogP contribution in [0.15, 0.2) is 41.3 Å². The Hall–Kier alpha value is -2.93. The van der Waals surface area contributed by atoms with E-state index in [9.17, 15) is 14.0 Å². The Kier molecular flexibility index (Phi) is 5.14. The molecule has 0 aliphatic heterocycles. The minimum Gasteiger partial charge on any atom is -0.462 e. The average Bonchev–Trinajstić information content (AvgIpc) is 2.62. The quantitative estimate of drug-likeness (QED) is 0.640. The number of nitrogens with zero attached hydrogens (tertiary/aromatic N) is 3. The molecule has 3 aromatic rings. The van der Waals surface area contributed by atoms with Crippen LogP contribution in [0, 0.1) is 5.82 Å². The Balaban J connectivity index is 2.40. The minimum atomic E-state index is -0.743. The number of halogens is 2. The summed E-state index contributed by atoms with van der Waals surface area (Å²) in [6, 6.07) is 7.12. The van der Waals surface area contributed by atoms with Crippen LogP contribution < -0.4 is 10.3 Å². The van der Waals surface area contributed by atoms with E-state index in [0.29, 0.717) is 17.2 Å². The van der Waals surface area contributed by atoms with Gasteiger partial charge in [-0.25, -0.2) is 14.2 Å². The zero-order valence-corrected chi connectivity index (χ0v) is 15.7. The van der Waals surface area contributed by atoms with E-state index < -0.39 is 17.2 Å². The molecule has 0 radical (unpaired) electrons. The lowest BCUT2D eigenvalue weighted by Crippen LogP contribution is -2.22. The summed E-state index contributed by atoms with van der Waals surface area (Å²) >= 11 is 6.21. The average molecular weight is 390 g/mol. The molecule has 0 aliphatic carbocycles. The van der Waals surface area contributed by atoms with Crippen molar-refractivity contribution < 1.29 is 13.9 Å².